The summed E-state index contributed by atoms with van der Waals surface area (Å²) < 4.78 is 5.52. The lowest BCUT2D eigenvalue weighted by Crippen LogP contribution is -2.49. The lowest BCUT2D eigenvalue weighted by atomic mass is 10.0. The van der Waals surface area contributed by atoms with E-state index in [2.05, 4.69) is 22.0 Å². The third-order valence-electron chi connectivity index (χ3n) is 6.29. The highest BCUT2D eigenvalue weighted by Crippen LogP contribution is 2.29. The SMILES string of the molecule is CC(c1nc(-c2ccccc2)no1)N1CCN(C(=O)CCC2CCCC2)CC1. The number of piperazine rings is 1. The van der Waals surface area contributed by atoms with Crippen LogP contribution in [0.4, 0.5) is 0 Å². The molecule has 1 saturated heterocycles. The maximum atomic E-state index is 12.5. The summed E-state index contributed by atoms with van der Waals surface area (Å²) in [6, 6.07) is 9.93. The Hall–Kier alpha value is -2.21. The fraction of sp³-hybridized carbons (Fsp3) is 0.591. The molecule has 1 aliphatic heterocycles. The summed E-state index contributed by atoms with van der Waals surface area (Å²) in [5.41, 5.74) is 0.961. The van der Waals surface area contributed by atoms with Crippen LogP contribution in [0.2, 0.25) is 0 Å². The van der Waals surface area contributed by atoms with Crippen LogP contribution in [0.1, 0.15) is 57.4 Å². The highest BCUT2D eigenvalue weighted by Gasteiger charge is 2.28. The number of benzene rings is 1. The quantitative estimate of drug-likeness (QED) is 0.758. The molecule has 1 aromatic carbocycles. The molecule has 2 fully saturated rings. The molecule has 1 aliphatic carbocycles. The van der Waals surface area contributed by atoms with Gasteiger partial charge in [0.15, 0.2) is 0 Å². The van der Waals surface area contributed by atoms with Gasteiger partial charge in [0.25, 0.3) is 0 Å². The van der Waals surface area contributed by atoms with Gasteiger partial charge in [-0.3, -0.25) is 9.69 Å². The summed E-state index contributed by atoms with van der Waals surface area (Å²) in [5, 5.41) is 4.13. The van der Waals surface area contributed by atoms with Gasteiger partial charge >= 0.3 is 0 Å². The van der Waals surface area contributed by atoms with Crippen LogP contribution in [0.3, 0.4) is 0 Å². The molecule has 1 atom stereocenters. The number of aromatic nitrogens is 2. The minimum Gasteiger partial charge on any atom is -0.340 e. The fourth-order valence-electron chi connectivity index (χ4n) is 4.41. The Balaban J connectivity index is 1.27. The molecule has 6 nitrogen and oxygen atoms in total. The Bertz CT molecular complexity index is 762. The van der Waals surface area contributed by atoms with Gasteiger partial charge < -0.3 is 9.42 Å². The van der Waals surface area contributed by atoms with Crippen LogP contribution in [0.25, 0.3) is 11.4 Å². The van der Waals surface area contributed by atoms with E-state index in [4.69, 9.17) is 4.52 Å². The molecule has 2 aromatic rings. The Labute approximate surface area is 166 Å². The molecular formula is C22H30N4O2. The van der Waals surface area contributed by atoms with Crippen LogP contribution in [0.15, 0.2) is 34.9 Å². The number of hydrogen-bond donors (Lipinski definition) is 0. The van der Waals surface area contributed by atoms with Crippen molar-refractivity contribution in [1.29, 1.82) is 0 Å². The monoisotopic (exact) mass is 382 g/mol. The van der Waals surface area contributed by atoms with Crippen molar-refractivity contribution in [3.8, 4) is 11.4 Å². The predicted octanol–water partition coefficient (Wildman–Crippen LogP) is 3.91. The topological polar surface area (TPSA) is 62.5 Å². The van der Waals surface area contributed by atoms with E-state index in [1.54, 1.807) is 0 Å². The minimum absolute atomic E-state index is 0.0562. The van der Waals surface area contributed by atoms with Crippen LogP contribution in [0, 0.1) is 5.92 Å². The summed E-state index contributed by atoms with van der Waals surface area (Å²) >= 11 is 0. The normalized spacial score (nSPS) is 19.8. The van der Waals surface area contributed by atoms with Crippen LogP contribution in [-0.4, -0.2) is 52.0 Å². The molecule has 0 spiro atoms. The Morgan fingerprint density at radius 3 is 2.57 bits per heavy atom. The van der Waals surface area contributed by atoms with E-state index in [0.29, 0.717) is 24.0 Å². The number of rotatable bonds is 6. The van der Waals surface area contributed by atoms with Crippen molar-refractivity contribution < 1.29 is 9.32 Å². The summed E-state index contributed by atoms with van der Waals surface area (Å²) in [4.78, 5) is 21.5. The van der Waals surface area contributed by atoms with Crippen LogP contribution in [0.5, 0.6) is 0 Å². The van der Waals surface area contributed by atoms with Crippen molar-refractivity contribution in [2.24, 2.45) is 5.92 Å². The van der Waals surface area contributed by atoms with Crippen molar-refractivity contribution in [2.75, 3.05) is 26.2 Å². The first-order valence-corrected chi connectivity index (χ1v) is 10.6. The fourth-order valence-corrected chi connectivity index (χ4v) is 4.41. The molecular weight excluding hydrogens is 352 g/mol. The number of carbonyl (C=O) groups is 1. The van der Waals surface area contributed by atoms with Gasteiger partial charge in [0.05, 0.1) is 6.04 Å². The largest absolute Gasteiger partial charge is 0.340 e. The zero-order valence-corrected chi connectivity index (χ0v) is 16.7. The van der Waals surface area contributed by atoms with Crippen LogP contribution < -0.4 is 0 Å². The highest BCUT2D eigenvalue weighted by atomic mass is 16.5. The van der Waals surface area contributed by atoms with Gasteiger partial charge in [-0.15, -0.1) is 0 Å². The summed E-state index contributed by atoms with van der Waals surface area (Å²) in [6.07, 6.45) is 7.10. The molecule has 2 aliphatic rings. The summed E-state index contributed by atoms with van der Waals surface area (Å²) in [6.45, 7) is 5.36. The maximum absolute atomic E-state index is 12.5. The average molecular weight is 383 g/mol. The smallest absolute Gasteiger partial charge is 0.244 e. The maximum Gasteiger partial charge on any atom is 0.244 e. The second-order valence-electron chi connectivity index (χ2n) is 8.10. The molecule has 1 aromatic heterocycles. The van der Waals surface area contributed by atoms with Crippen molar-refractivity contribution in [3.63, 3.8) is 0 Å². The molecule has 0 bridgehead atoms. The Kier molecular flexibility index (Phi) is 6.05. The van der Waals surface area contributed by atoms with Gasteiger partial charge in [0, 0.05) is 38.2 Å². The first-order chi connectivity index (χ1) is 13.7. The van der Waals surface area contributed by atoms with Crippen molar-refractivity contribution in [1.82, 2.24) is 19.9 Å². The summed E-state index contributed by atoms with van der Waals surface area (Å²) in [7, 11) is 0. The summed E-state index contributed by atoms with van der Waals surface area (Å²) in [5.74, 6) is 2.37. The van der Waals surface area contributed by atoms with Gasteiger partial charge in [-0.1, -0.05) is 61.2 Å². The zero-order chi connectivity index (χ0) is 19.3. The van der Waals surface area contributed by atoms with E-state index in [0.717, 1.165) is 44.1 Å². The van der Waals surface area contributed by atoms with Gasteiger partial charge in [0.1, 0.15) is 0 Å². The molecule has 1 saturated carbocycles. The first kappa shape index (κ1) is 19.1. The Morgan fingerprint density at radius 1 is 1.14 bits per heavy atom. The second-order valence-corrected chi connectivity index (χ2v) is 8.10. The molecule has 1 unspecified atom stereocenters. The molecule has 6 heteroatoms. The van der Waals surface area contributed by atoms with Crippen LogP contribution >= 0.6 is 0 Å². The molecule has 0 N–H and O–H groups in total. The van der Waals surface area contributed by atoms with E-state index in [-0.39, 0.29) is 6.04 Å². The van der Waals surface area contributed by atoms with E-state index in [9.17, 15) is 4.79 Å². The van der Waals surface area contributed by atoms with Gasteiger partial charge in [-0.2, -0.15) is 4.98 Å². The number of carbonyl (C=O) groups excluding carboxylic acids is 1. The van der Waals surface area contributed by atoms with E-state index in [1.807, 2.05) is 35.2 Å². The Morgan fingerprint density at radius 2 is 1.86 bits per heavy atom. The standard InChI is InChI=1S/C22H30N4O2/c1-17(22-23-21(24-28-22)19-9-3-2-4-10-19)25-13-15-26(16-14-25)20(27)12-11-18-7-5-6-8-18/h2-4,9-10,17-18H,5-8,11-16H2,1H3. The third kappa shape index (κ3) is 4.43. The molecule has 0 radical (unpaired) electrons. The second kappa shape index (κ2) is 8.86. The minimum atomic E-state index is 0.0562. The van der Waals surface area contributed by atoms with Crippen LogP contribution in [-0.2, 0) is 4.79 Å². The number of amides is 1. The lowest BCUT2D eigenvalue weighted by Gasteiger charge is -2.37. The molecule has 2 heterocycles. The van der Waals surface area contributed by atoms with Crippen molar-refractivity contribution in [2.45, 2.75) is 51.5 Å². The van der Waals surface area contributed by atoms with Crippen molar-refractivity contribution >= 4 is 5.91 Å². The lowest BCUT2D eigenvalue weighted by molar-refractivity contribution is -0.133. The van der Waals surface area contributed by atoms with E-state index < -0.39 is 0 Å². The first-order valence-electron chi connectivity index (χ1n) is 10.6. The van der Waals surface area contributed by atoms with E-state index >= 15 is 0 Å². The molecule has 4 rings (SSSR count). The molecule has 150 valence electrons. The highest BCUT2D eigenvalue weighted by molar-refractivity contribution is 5.76. The number of nitrogens with zero attached hydrogens (tertiary/aromatic N) is 4. The van der Waals surface area contributed by atoms with Crippen molar-refractivity contribution in [3.05, 3.63) is 36.2 Å². The van der Waals surface area contributed by atoms with Gasteiger partial charge in [0.2, 0.25) is 17.6 Å². The predicted molar refractivity (Wildman–Crippen MR) is 107 cm³/mol. The van der Waals surface area contributed by atoms with E-state index in [1.165, 1.54) is 25.7 Å². The average Bonchev–Trinajstić information content (AvgIpc) is 3.44. The number of hydrogen-bond acceptors (Lipinski definition) is 5. The van der Waals surface area contributed by atoms with Gasteiger partial charge in [-0.25, -0.2) is 0 Å². The molecule has 28 heavy (non-hydrogen) atoms. The third-order valence-corrected chi connectivity index (χ3v) is 6.29. The molecule has 1 amide bonds. The zero-order valence-electron chi connectivity index (χ0n) is 16.7. The van der Waals surface area contributed by atoms with Gasteiger partial charge in [-0.05, 0) is 19.3 Å².